The number of ether oxygens (including phenoxy) is 4. The minimum absolute atomic E-state index is 0.247. The second kappa shape index (κ2) is 32.4. The van der Waals surface area contributed by atoms with E-state index < -0.39 is 86.8 Å². The number of carbonyl (C=O) groups is 1. The summed E-state index contributed by atoms with van der Waals surface area (Å²) < 4.78 is 22.6. The second-order valence-electron chi connectivity index (χ2n) is 16.5. The van der Waals surface area contributed by atoms with Crippen molar-refractivity contribution in [2.24, 2.45) is 0 Å². The van der Waals surface area contributed by atoms with Crippen LogP contribution in [0.3, 0.4) is 0 Å². The topological polar surface area (TPSA) is 228 Å². The Morgan fingerprint density at radius 2 is 1.07 bits per heavy atom. The van der Waals surface area contributed by atoms with Crippen LogP contribution < -0.4 is 5.32 Å². The smallest absolute Gasteiger partial charge is 0.220 e. The first kappa shape index (κ1) is 52.9. The quantitative estimate of drug-likeness (QED) is 0.0324. The van der Waals surface area contributed by atoms with Gasteiger partial charge in [0, 0.05) is 6.42 Å². The van der Waals surface area contributed by atoms with Crippen LogP contribution in [-0.4, -0.2) is 140 Å². The zero-order valence-electron chi connectivity index (χ0n) is 35.8. The number of unbranched alkanes of at least 4 members (excludes halogenated alkanes) is 21. The van der Waals surface area contributed by atoms with Crippen molar-refractivity contribution < 1.29 is 64.6 Å². The van der Waals surface area contributed by atoms with E-state index in [0.29, 0.717) is 6.42 Å². The van der Waals surface area contributed by atoms with Crippen LogP contribution in [0.5, 0.6) is 0 Å². The summed E-state index contributed by atoms with van der Waals surface area (Å²) in [7, 11) is 0. The molecule has 1 amide bonds. The van der Waals surface area contributed by atoms with Gasteiger partial charge in [-0.3, -0.25) is 4.79 Å². The molecule has 2 rings (SSSR count). The lowest BCUT2D eigenvalue weighted by atomic mass is 9.97. The predicted molar refractivity (Wildman–Crippen MR) is 222 cm³/mol. The van der Waals surface area contributed by atoms with Gasteiger partial charge in [-0.15, -0.1) is 0 Å². The molecule has 0 radical (unpaired) electrons. The molecule has 9 N–H and O–H groups in total. The van der Waals surface area contributed by atoms with E-state index in [4.69, 9.17) is 18.9 Å². The Hall–Kier alpha value is -1.27. The lowest BCUT2D eigenvalue weighted by Crippen LogP contribution is -2.65. The van der Waals surface area contributed by atoms with Crippen LogP contribution in [0.15, 0.2) is 12.2 Å². The van der Waals surface area contributed by atoms with Gasteiger partial charge in [0.25, 0.3) is 0 Å². The van der Waals surface area contributed by atoms with Gasteiger partial charge >= 0.3 is 0 Å². The van der Waals surface area contributed by atoms with Crippen molar-refractivity contribution in [3.63, 3.8) is 0 Å². The molecule has 0 bridgehead atoms. The van der Waals surface area contributed by atoms with Crippen molar-refractivity contribution in [3.05, 3.63) is 12.2 Å². The van der Waals surface area contributed by atoms with E-state index in [-0.39, 0.29) is 18.9 Å². The maximum absolute atomic E-state index is 13.0. The van der Waals surface area contributed by atoms with Crippen LogP contribution in [0.25, 0.3) is 0 Å². The van der Waals surface area contributed by atoms with Gasteiger partial charge in [0.05, 0.1) is 32.0 Å². The SMILES string of the molecule is CCCCCCCCCCCCCCCCC/C=C/C(O)C(COC1OC(CO)C(OC2OC(CO)C(O)C(O)C2O)C(O)C1O)NC(=O)CCCCCCCCC. The Labute approximate surface area is 348 Å². The Bertz CT molecular complexity index is 1040. The summed E-state index contributed by atoms with van der Waals surface area (Å²) in [6, 6.07) is -0.905. The molecule has 14 heteroatoms. The Morgan fingerprint density at radius 3 is 1.59 bits per heavy atom. The Balaban J connectivity index is 1.86. The molecule has 2 heterocycles. The second-order valence-corrected chi connectivity index (χ2v) is 16.5. The fourth-order valence-electron chi connectivity index (χ4n) is 7.64. The summed E-state index contributed by atoms with van der Waals surface area (Å²) in [6.07, 6.45) is 14.3. The van der Waals surface area contributed by atoms with Gasteiger partial charge in [-0.2, -0.15) is 0 Å². The van der Waals surface area contributed by atoms with Gasteiger partial charge in [-0.25, -0.2) is 0 Å². The summed E-state index contributed by atoms with van der Waals surface area (Å²) in [6.45, 7) is 2.72. The highest BCUT2D eigenvalue weighted by molar-refractivity contribution is 5.76. The van der Waals surface area contributed by atoms with Crippen LogP contribution in [0, 0.1) is 0 Å². The van der Waals surface area contributed by atoms with Crippen molar-refractivity contribution >= 4 is 5.91 Å². The number of hydrogen-bond donors (Lipinski definition) is 9. The third kappa shape index (κ3) is 20.5. The van der Waals surface area contributed by atoms with Gasteiger partial charge in [0.2, 0.25) is 5.91 Å². The zero-order valence-corrected chi connectivity index (χ0v) is 35.8. The van der Waals surface area contributed by atoms with Gasteiger partial charge in [0.1, 0.15) is 48.8 Å². The molecule has 58 heavy (non-hydrogen) atoms. The van der Waals surface area contributed by atoms with E-state index in [1.165, 1.54) is 103 Å². The molecule has 0 spiro atoms. The third-order valence-corrected chi connectivity index (χ3v) is 11.5. The highest BCUT2D eigenvalue weighted by Crippen LogP contribution is 2.30. The van der Waals surface area contributed by atoms with E-state index in [2.05, 4.69) is 19.2 Å². The number of carbonyl (C=O) groups excluding carboxylic acids is 1. The number of aliphatic hydroxyl groups excluding tert-OH is 8. The van der Waals surface area contributed by atoms with Crippen molar-refractivity contribution in [2.75, 3.05) is 19.8 Å². The van der Waals surface area contributed by atoms with Crippen molar-refractivity contribution in [3.8, 4) is 0 Å². The molecule has 14 nitrogen and oxygen atoms in total. The van der Waals surface area contributed by atoms with Gasteiger partial charge in [0.15, 0.2) is 12.6 Å². The summed E-state index contributed by atoms with van der Waals surface area (Å²) in [5.74, 6) is -0.247. The van der Waals surface area contributed by atoms with E-state index in [1.807, 2.05) is 6.08 Å². The maximum Gasteiger partial charge on any atom is 0.220 e. The molecule has 2 fully saturated rings. The van der Waals surface area contributed by atoms with E-state index in [0.717, 1.165) is 38.5 Å². The van der Waals surface area contributed by atoms with Crippen molar-refractivity contribution in [1.29, 1.82) is 0 Å². The van der Waals surface area contributed by atoms with Crippen molar-refractivity contribution in [1.82, 2.24) is 5.32 Å². The fraction of sp³-hybridized carbons (Fsp3) is 0.932. The average molecular weight is 834 g/mol. The lowest BCUT2D eigenvalue weighted by molar-refractivity contribution is -0.359. The highest BCUT2D eigenvalue weighted by Gasteiger charge is 2.50. The molecule has 0 aliphatic carbocycles. The van der Waals surface area contributed by atoms with E-state index in [9.17, 15) is 45.6 Å². The molecule has 2 aliphatic heterocycles. The van der Waals surface area contributed by atoms with E-state index >= 15 is 0 Å². The predicted octanol–water partition coefficient (Wildman–Crippen LogP) is 4.43. The molecule has 0 saturated carbocycles. The highest BCUT2D eigenvalue weighted by atomic mass is 16.7. The molecule has 0 aromatic rings. The van der Waals surface area contributed by atoms with Gasteiger partial charge in [-0.05, 0) is 19.3 Å². The fourth-order valence-corrected chi connectivity index (χ4v) is 7.64. The number of hydrogen-bond acceptors (Lipinski definition) is 13. The van der Waals surface area contributed by atoms with E-state index in [1.54, 1.807) is 6.08 Å². The molecular formula is C44H83NO13. The minimum atomic E-state index is -1.78. The van der Waals surface area contributed by atoms with Crippen LogP contribution >= 0.6 is 0 Å². The number of allylic oxidation sites excluding steroid dienone is 1. The average Bonchev–Trinajstić information content (AvgIpc) is 3.22. The number of aliphatic hydroxyl groups is 8. The summed E-state index contributed by atoms with van der Waals surface area (Å²) in [4.78, 5) is 13.0. The number of amides is 1. The molecule has 0 aromatic heterocycles. The largest absolute Gasteiger partial charge is 0.394 e. The molecule has 2 saturated heterocycles. The van der Waals surface area contributed by atoms with Gasteiger partial charge in [-0.1, -0.05) is 154 Å². The summed E-state index contributed by atoms with van der Waals surface area (Å²) >= 11 is 0. The summed E-state index contributed by atoms with van der Waals surface area (Å²) in [5, 5.41) is 86.3. The van der Waals surface area contributed by atoms with Crippen LogP contribution in [-0.2, 0) is 23.7 Å². The molecule has 12 unspecified atom stereocenters. The number of nitrogens with one attached hydrogen (secondary N) is 1. The first-order valence-corrected chi connectivity index (χ1v) is 22.9. The molecular weight excluding hydrogens is 750 g/mol. The first-order chi connectivity index (χ1) is 28.1. The maximum atomic E-state index is 13.0. The standard InChI is InChI=1S/C44H83NO13/c1-3-5-7-9-11-12-13-14-15-16-17-18-19-20-22-23-25-27-33(48)32(45-36(49)28-26-24-21-10-8-6-4-2)31-55-43-41(54)39(52)42(35(30-47)57-43)58-44-40(53)38(51)37(50)34(29-46)56-44/h25,27,32-35,37-44,46-48,50-54H,3-24,26,28-31H2,1-2H3,(H,45,49)/b27-25+. The Kier molecular flexibility index (Phi) is 29.6. The third-order valence-electron chi connectivity index (χ3n) is 11.5. The first-order valence-electron chi connectivity index (χ1n) is 22.9. The number of rotatable bonds is 34. The van der Waals surface area contributed by atoms with Crippen molar-refractivity contribution in [2.45, 2.75) is 242 Å². The van der Waals surface area contributed by atoms with Crippen LogP contribution in [0.1, 0.15) is 168 Å². The zero-order chi connectivity index (χ0) is 42.5. The molecule has 2 aliphatic rings. The molecule has 0 aromatic carbocycles. The van der Waals surface area contributed by atoms with Crippen LogP contribution in [0.4, 0.5) is 0 Å². The van der Waals surface area contributed by atoms with Gasteiger partial charge < -0.3 is 65.1 Å². The summed E-state index contributed by atoms with van der Waals surface area (Å²) in [5.41, 5.74) is 0. The Morgan fingerprint density at radius 1 is 0.603 bits per heavy atom. The van der Waals surface area contributed by atoms with Crippen LogP contribution in [0.2, 0.25) is 0 Å². The monoisotopic (exact) mass is 834 g/mol. The minimum Gasteiger partial charge on any atom is -0.394 e. The lowest BCUT2D eigenvalue weighted by Gasteiger charge is -2.46. The normalized spacial score (nSPS) is 28.9. The molecule has 12 atom stereocenters. The molecule has 342 valence electrons.